The fraction of sp³-hybridized carbons (Fsp3) is 0.0625. The summed E-state index contributed by atoms with van der Waals surface area (Å²) in [5, 5.41) is 11.1. The number of H-pyrrole nitrogens is 1. The van der Waals surface area contributed by atoms with Crippen LogP contribution in [0.3, 0.4) is 0 Å². The smallest absolute Gasteiger partial charge is 0.338 e. The van der Waals surface area contributed by atoms with Gasteiger partial charge in [0, 0.05) is 11.6 Å². The van der Waals surface area contributed by atoms with Gasteiger partial charge in [0.15, 0.2) is 0 Å². The van der Waals surface area contributed by atoms with E-state index in [4.69, 9.17) is 0 Å². The van der Waals surface area contributed by atoms with E-state index in [0.717, 1.165) is 12.1 Å². The van der Waals surface area contributed by atoms with Crippen LogP contribution in [-0.4, -0.2) is 14.9 Å². The fourth-order valence-corrected chi connectivity index (χ4v) is 2.30. The molecule has 0 aliphatic carbocycles. The average molecular weight is 333 g/mol. The predicted molar refractivity (Wildman–Crippen MR) is 81.1 cm³/mol. The Morgan fingerprint density at radius 2 is 1.83 bits per heavy atom. The third kappa shape index (κ3) is 2.98. The standard InChI is InChI=1S/C16H10F3N3O2/c17-16(18,19)11-5-3-4-10(8-11)13-9-20-15(21-13)12-6-1-2-7-14(12)22(23)24/h1-9H,(H,20,21). The molecule has 0 aliphatic rings. The third-order valence-electron chi connectivity index (χ3n) is 3.43. The quantitative estimate of drug-likeness (QED) is 0.559. The van der Waals surface area contributed by atoms with Crippen LogP contribution >= 0.6 is 0 Å². The Kier molecular flexibility index (Phi) is 3.80. The van der Waals surface area contributed by atoms with Crippen LogP contribution in [0.15, 0.2) is 54.7 Å². The summed E-state index contributed by atoms with van der Waals surface area (Å²) >= 11 is 0. The molecule has 0 atom stereocenters. The minimum absolute atomic E-state index is 0.137. The summed E-state index contributed by atoms with van der Waals surface area (Å²) in [6.07, 6.45) is -3.10. The molecule has 0 saturated heterocycles. The van der Waals surface area contributed by atoms with Gasteiger partial charge in [-0.05, 0) is 18.2 Å². The number of para-hydroxylation sites is 1. The minimum Gasteiger partial charge on any atom is -0.338 e. The molecule has 0 radical (unpaired) electrons. The molecule has 5 nitrogen and oxygen atoms in total. The summed E-state index contributed by atoms with van der Waals surface area (Å²) < 4.78 is 38.4. The number of hydrogen-bond acceptors (Lipinski definition) is 3. The van der Waals surface area contributed by atoms with Gasteiger partial charge in [-0.15, -0.1) is 0 Å². The lowest BCUT2D eigenvalue weighted by Crippen LogP contribution is -2.04. The van der Waals surface area contributed by atoms with Gasteiger partial charge in [-0.25, -0.2) is 4.98 Å². The largest absolute Gasteiger partial charge is 0.416 e. The van der Waals surface area contributed by atoms with Gasteiger partial charge in [0.2, 0.25) is 0 Å². The molecule has 0 unspecified atom stereocenters. The molecule has 0 bridgehead atoms. The summed E-state index contributed by atoms with van der Waals surface area (Å²) in [6.45, 7) is 0. The Morgan fingerprint density at radius 3 is 2.54 bits per heavy atom. The summed E-state index contributed by atoms with van der Waals surface area (Å²) in [5.74, 6) is 0.217. The molecule has 24 heavy (non-hydrogen) atoms. The molecule has 1 N–H and O–H groups in total. The molecule has 1 heterocycles. The van der Waals surface area contributed by atoms with E-state index in [1.54, 1.807) is 6.07 Å². The number of nitrogens with one attached hydrogen (secondary N) is 1. The van der Waals surface area contributed by atoms with Crippen molar-refractivity contribution in [2.45, 2.75) is 6.18 Å². The molecule has 122 valence electrons. The van der Waals surface area contributed by atoms with Gasteiger partial charge in [-0.1, -0.05) is 24.3 Å². The number of alkyl halides is 3. The van der Waals surface area contributed by atoms with Gasteiger partial charge < -0.3 is 4.98 Å². The molecule has 0 amide bonds. The van der Waals surface area contributed by atoms with Gasteiger partial charge in [-0.3, -0.25) is 10.1 Å². The van der Waals surface area contributed by atoms with Crippen molar-refractivity contribution < 1.29 is 18.1 Å². The van der Waals surface area contributed by atoms with Crippen molar-refractivity contribution in [3.05, 3.63) is 70.4 Å². The molecule has 1 aromatic heterocycles. The molecule has 0 spiro atoms. The van der Waals surface area contributed by atoms with E-state index in [1.165, 1.54) is 36.5 Å². The van der Waals surface area contributed by atoms with Gasteiger partial charge in [0.05, 0.1) is 27.9 Å². The highest BCUT2D eigenvalue weighted by atomic mass is 19.4. The fourth-order valence-electron chi connectivity index (χ4n) is 2.30. The maximum absolute atomic E-state index is 12.8. The number of nitro benzene ring substituents is 1. The van der Waals surface area contributed by atoms with E-state index in [0.29, 0.717) is 11.3 Å². The molecule has 8 heteroatoms. The summed E-state index contributed by atoms with van der Waals surface area (Å²) in [6, 6.07) is 10.8. The van der Waals surface area contributed by atoms with Crippen LogP contribution in [-0.2, 0) is 6.18 Å². The summed E-state index contributed by atoms with van der Waals surface area (Å²) in [7, 11) is 0. The Hall–Kier alpha value is -3.16. The normalized spacial score (nSPS) is 11.5. The van der Waals surface area contributed by atoms with Crippen LogP contribution in [0, 0.1) is 10.1 Å². The number of aromatic nitrogens is 2. The van der Waals surface area contributed by atoms with E-state index in [-0.39, 0.29) is 17.1 Å². The number of hydrogen-bond donors (Lipinski definition) is 1. The second kappa shape index (κ2) is 5.80. The van der Waals surface area contributed by atoms with Crippen LogP contribution in [0.25, 0.3) is 22.6 Å². The summed E-state index contributed by atoms with van der Waals surface area (Å²) in [4.78, 5) is 17.4. The molecule has 0 saturated carbocycles. The first kappa shape index (κ1) is 15.7. The van der Waals surface area contributed by atoms with Crippen LogP contribution < -0.4 is 0 Å². The van der Waals surface area contributed by atoms with Crippen LogP contribution in [0.1, 0.15) is 5.56 Å². The number of imidazole rings is 1. The summed E-state index contributed by atoms with van der Waals surface area (Å²) in [5.41, 5.74) is -0.0126. The van der Waals surface area contributed by atoms with Gasteiger partial charge >= 0.3 is 6.18 Å². The van der Waals surface area contributed by atoms with E-state index < -0.39 is 16.7 Å². The minimum atomic E-state index is -4.45. The highest BCUT2D eigenvalue weighted by Gasteiger charge is 2.30. The Bertz CT molecular complexity index is 903. The first-order valence-electron chi connectivity index (χ1n) is 6.82. The van der Waals surface area contributed by atoms with Crippen LogP contribution in [0.5, 0.6) is 0 Å². The monoisotopic (exact) mass is 333 g/mol. The first-order valence-corrected chi connectivity index (χ1v) is 6.82. The lowest BCUT2D eigenvalue weighted by Gasteiger charge is -2.07. The molecule has 0 fully saturated rings. The van der Waals surface area contributed by atoms with E-state index in [1.807, 2.05) is 0 Å². The maximum Gasteiger partial charge on any atom is 0.416 e. The number of halogens is 3. The zero-order valence-corrected chi connectivity index (χ0v) is 12.0. The lowest BCUT2D eigenvalue weighted by atomic mass is 10.1. The molecule has 2 aromatic carbocycles. The molecular formula is C16H10F3N3O2. The Labute approximate surface area is 133 Å². The van der Waals surface area contributed by atoms with Gasteiger partial charge in [0.25, 0.3) is 5.69 Å². The average Bonchev–Trinajstić information content (AvgIpc) is 3.04. The van der Waals surface area contributed by atoms with Crippen molar-refractivity contribution in [3.8, 4) is 22.6 Å². The highest BCUT2D eigenvalue weighted by Crippen LogP contribution is 2.33. The van der Waals surface area contributed by atoms with E-state index in [9.17, 15) is 23.3 Å². The molecular weight excluding hydrogens is 323 g/mol. The maximum atomic E-state index is 12.8. The number of nitro groups is 1. The van der Waals surface area contributed by atoms with Gasteiger partial charge in [0.1, 0.15) is 5.82 Å². The van der Waals surface area contributed by atoms with Gasteiger partial charge in [-0.2, -0.15) is 13.2 Å². The molecule has 3 rings (SSSR count). The zero-order chi connectivity index (χ0) is 17.3. The highest BCUT2D eigenvalue weighted by molar-refractivity contribution is 5.71. The van der Waals surface area contributed by atoms with E-state index >= 15 is 0 Å². The third-order valence-corrected chi connectivity index (χ3v) is 3.43. The molecule has 3 aromatic rings. The zero-order valence-electron chi connectivity index (χ0n) is 12.0. The number of nitrogens with zero attached hydrogens (tertiary/aromatic N) is 2. The predicted octanol–water partition coefficient (Wildman–Crippen LogP) is 4.67. The number of rotatable bonds is 3. The number of aromatic amines is 1. The van der Waals surface area contributed by atoms with E-state index in [2.05, 4.69) is 9.97 Å². The molecule has 0 aliphatic heterocycles. The second-order valence-corrected chi connectivity index (χ2v) is 5.00. The van der Waals surface area contributed by atoms with Crippen LogP contribution in [0.2, 0.25) is 0 Å². The van der Waals surface area contributed by atoms with Crippen molar-refractivity contribution in [1.82, 2.24) is 9.97 Å². The van der Waals surface area contributed by atoms with Crippen molar-refractivity contribution in [2.75, 3.05) is 0 Å². The number of benzene rings is 2. The Balaban J connectivity index is 2.02. The van der Waals surface area contributed by atoms with Crippen LogP contribution in [0.4, 0.5) is 18.9 Å². The van der Waals surface area contributed by atoms with Crippen molar-refractivity contribution >= 4 is 5.69 Å². The topological polar surface area (TPSA) is 71.8 Å². The van der Waals surface area contributed by atoms with Crippen molar-refractivity contribution in [1.29, 1.82) is 0 Å². The lowest BCUT2D eigenvalue weighted by molar-refractivity contribution is -0.384. The first-order chi connectivity index (χ1) is 11.4. The van der Waals surface area contributed by atoms with Crippen molar-refractivity contribution in [3.63, 3.8) is 0 Å². The van der Waals surface area contributed by atoms with Crippen molar-refractivity contribution in [2.24, 2.45) is 0 Å². The Morgan fingerprint density at radius 1 is 1.08 bits per heavy atom. The SMILES string of the molecule is O=[N+]([O-])c1ccccc1-c1ncc(-c2cccc(C(F)(F)F)c2)[nH]1. The second-order valence-electron chi connectivity index (χ2n) is 5.00.